The van der Waals surface area contributed by atoms with E-state index >= 15 is 0 Å². The molecule has 4 heteroatoms. The number of aromatic amines is 1. The second-order valence-corrected chi connectivity index (χ2v) is 6.24. The lowest BCUT2D eigenvalue weighted by atomic mass is 10.2. The van der Waals surface area contributed by atoms with Crippen LogP contribution in [0.25, 0.3) is 11.0 Å². The van der Waals surface area contributed by atoms with Gasteiger partial charge < -0.3 is 10.3 Å². The van der Waals surface area contributed by atoms with Gasteiger partial charge in [-0.25, -0.2) is 4.98 Å². The van der Waals surface area contributed by atoms with Crippen LogP contribution in [0.2, 0.25) is 0 Å². The molecule has 2 heterocycles. The molecule has 1 unspecified atom stereocenters. The molecule has 2 aromatic heterocycles. The Kier molecular flexibility index (Phi) is 3.25. The van der Waals surface area contributed by atoms with Crippen LogP contribution in [0.1, 0.15) is 16.7 Å². The van der Waals surface area contributed by atoms with Gasteiger partial charge in [0.1, 0.15) is 0 Å². The quantitative estimate of drug-likeness (QED) is 0.753. The second kappa shape index (κ2) is 5.05. The van der Waals surface area contributed by atoms with Crippen molar-refractivity contribution in [1.29, 1.82) is 0 Å². The average Bonchev–Trinajstić information content (AvgIpc) is 2.94. The van der Waals surface area contributed by atoms with Gasteiger partial charge in [0.25, 0.3) is 0 Å². The van der Waals surface area contributed by atoms with Crippen LogP contribution in [0.15, 0.2) is 36.4 Å². The number of aryl methyl sites for hydroxylation is 1. The molecule has 2 N–H and O–H groups in total. The molecule has 0 radical (unpaired) electrons. The number of nitrogens with one attached hydrogen (secondary N) is 2. The van der Waals surface area contributed by atoms with Gasteiger partial charge in [0.15, 0.2) is 0 Å². The number of fused-ring (bicyclic) bond motifs is 1. The fraction of sp³-hybridized carbons (Fsp3) is 0.267. The third-order valence-electron chi connectivity index (χ3n) is 3.08. The van der Waals surface area contributed by atoms with Crippen molar-refractivity contribution >= 4 is 28.3 Å². The first kappa shape index (κ1) is 12.2. The number of rotatable bonds is 4. The lowest BCUT2D eigenvalue weighted by molar-refractivity contribution is 0.791. The fourth-order valence-corrected chi connectivity index (χ4v) is 3.22. The van der Waals surface area contributed by atoms with E-state index in [4.69, 9.17) is 0 Å². The van der Waals surface area contributed by atoms with E-state index in [0.29, 0.717) is 6.04 Å². The first-order chi connectivity index (χ1) is 9.20. The van der Waals surface area contributed by atoms with Gasteiger partial charge in [0.05, 0.1) is 11.0 Å². The highest BCUT2D eigenvalue weighted by molar-refractivity contribution is 7.11. The van der Waals surface area contributed by atoms with E-state index < -0.39 is 0 Å². The Morgan fingerprint density at radius 2 is 2.11 bits per heavy atom. The van der Waals surface area contributed by atoms with Crippen LogP contribution in [0.3, 0.4) is 0 Å². The lowest BCUT2D eigenvalue weighted by Gasteiger charge is -2.11. The van der Waals surface area contributed by atoms with Gasteiger partial charge in [-0.3, -0.25) is 0 Å². The molecule has 0 amide bonds. The van der Waals surface area contributed by atoms with Gasteiger partial charge in [-0.05, 0) is 38.1 Å². The molecule has 0 bridgehead atoms. The van der Waals surface area contributed by atoms with E-state index in [1.807, 2.05) is 35.6 Å². The minimum Gasteiger partial charge on any atom is -0.353 e. The van der Waals surface area contributed by atoms with Gasteiger partial charge in [-0.2, -0.15) is 0 Å². The Balaban J connectivity index is 1.70. The van der Waals surface area contributed by atoms with Crippen molar-refractivity contribution in [2.24, 2.45) is 0 Å². The van der Waals surface area contributed by atoms with Crippen LogP contribution in [0.5, 0.6) is 0 Å². The van der Waals surface area contributed by atoms with E-state index in [-0.39, 0.29) is 0 Å². The molecule has 3 aromatic rings. The number of H-pyrrole nitrogens is 1. The Morgan fingerprint density at radius 3 is 2.84 bits per heavy atom. The Labute approximate surface area is 116 Å². The minimum absolute atomic E-state index is 0.360. The van der Waals surface area contributed by atoms with E-state index in [9.17, 15) is 0 Å². The maximum absolute atomic E-state index is 4.54. The van der Waals surface area contributed by atoms with Crippen LogP contribution in [-0.2, 0) is 6.42 Å². The van der Waals surface area contributed by atoms with Crippen molar-refractivity contribution in [2.75, 3.05) is 5.32 Å². The number of benzene rings is 1. The van der Waals surface area contributed by atoms with Gasteiger partial charge in [0, 0.05) is 22.2 Å². The maximum Gasteiger partial charge on any atom is 0.201 e. The number of anilines is 1. The standard InChI is InChI=1S/C15H17N3S/c1-10(9-12-8-7-11(2)19-12)16-15-17-13-5-3-4-6-14(13)18-15/h3-8,10H,9H2,1-2H3,(H2,16,17,18). The van der Waals surface area contributed by atoms with Crippen LogP contribution in [0.4, 0.5) is 5.95 Å². The molecule has 0 saturated carbocycles. The van der Waals surface area contributed by atoms with Crippen LogP contribution >= 0.6 is 11.3 Å². The third-order valence-corrected chi connectivity index (χ3v) is 4.10. The van der Waals surface area contributed by atoms with Gasteiger partial charge in [-0.15, -0.1) is 11.3 Å². The molecule has 0 aliphatic heterocycles. The minimum atomic E-state index is 0.360. The Hall–Kier alpha value is -1.81. The Morgan fingerprint density at radius 1 is 1.26 bits per heavy atom. The molecule has 0 spiro atoms. The molecule has 0 fully saturated rings. The first-order valence-corrected chi connectivity index (χ1v) is 7.29. The van der Waals surface area contributed by atoms with Crippen molar-refractivity contribution < 1.29 is 0 Å². The predicted octanol–water partition coefficient (Wildman–Crippen LogP) is 3.98. The van der Waals surface area contributed by atoms with Crippen molar-refractivity contribution in [3.63, 3.8) is 0 Å². The highest BCUT2D eigenvalue weighted by Crippen LogP contribution is 2.19. The molecule has 1 atom stereocenters. The molecule has 19 heavy (non-hydrogen) atoms. The normalized spacial score (nSPS) is 12.7. The summed E-state index contributed by atoms with van der Waals surface area (Å²) in [5, 5.41) is 3.43. The smallest absolute Gasteiger partial charge is 0.201 e. The summed E-state index contributed by atoms with van der Waals surface area (Å²) in [6.45, 7) is 4.33. The van der Waals surface area contributed by atoms with Crippen LogP contribution in [0, 0.1) is 6.92 Å². The zero-order valence-electron chi connectivity index (χ0n) is 11.1. The molecule has 3 rings (SSSR count). The zero-order chi connectivity index (χ0) is 13.2. The van der Waals surface area contributed by atoms with Crippen molar-refractivity contribution in [2.45, 2.75) is 26.3 Å². The number of para-hydroxylation sites is 2. The van der Waals surface area contributed by atoms with Gasteiger partial charge in [-0.1, -0.05) is 12.1 Å². The molecule has 0 aliphatic carbocycles. The summed E-state index contributed by atoms with van der Waals surface area (Å²) in [5.74, 6) is 0.849. The van der Waals surface area contributed by atoms with E-state index in [2.05, 4.69) is 41.3 Å². The van der Waals surface area contributed by atoms with Crippen LogP contribution in [-0.4, -0.2) is 16.0 Å². The van der Waals surface area contributed by atoms with Crippen molar-refractivity contribution in [1.82, 2.24) is 9.97 Å². The lowest BCUT2D eigenvalue weighted by Crippen LogP contribution is -2.18. The van der Waals surface area contributed by atoms with E-state index in [1.165, 1.54) is 9.75 Å². The predicted molar refractivity (Wildman–Crippen MR) is 81.9 cm³/mol. The first-order valence-electron chi connectivity index (χ1n) is 6.47. The van der Waals surface area contributed by atoms with Gasteiger partial charge >= 0.3 is 0 Å². The average molecular weight is 271 g/mol. The number of hydrogen-bond acceptors (Lipinski definition) is 3. The highest BCUT2D eigenvalue weighted by atomic mass is 32.1. The fourth-order valence-electron chi connectivity index (χ4n) is 2.20. The van der Waals surface area contributed by atoms with E-state index in [1.54, 1.807) is 0 Å². The van der Waals surface area contributed by atoms with Crippen LogP contribution < -0.4 is 5.32 Å². The SMILES string of the molecule is Cc1ccc(CC(C)Nc2nc3ccccc3[nH]2)s1. The largest absolute Gasteiger partial charge is 0.353 e. The third kappa shape index (κ3) is 2.79. The topological polar surface area (TPSA) is 40.7 Å². The summed E-state index contributed by atoms with van der Waals surface area (Å²) in [5.41, 5.74) is 2.08. The number of aromatic nitrogens is 2. The van der Waals surface area contributed by atoms with Gasteiger partial charge in [0.2, 0.25) is 5.95 Å². The summed E-state index contributed by atoms with van der Waals surface area (Å²) >= 11 is 1.86. The zero-order valence-corrected chi connectivity index (χ0v) is 11.9. The summed E-state index contributed by atoms with van der Waals surface area (Å²) in [7, 11) is 0. The highest BCUT2D eigenvalue weighted by Gasteiger charge is 2.08. The molecule has 0 aliphatic rings. The maximum atomic E-state index is 4.54. The molecule has 3 nitrogen and oxygen atoms in total. The Bertz CT molecular complexity index is 650. The molecular weight excluding hydrogens is 254 g/mol. The number of thiophene rings is 1. The molecule has 0 saturated heterocycles. The monoisotopic (exact) mass is 271 g/mol. The number of hydrogen-bond donors (Lipinski definition) is 2. The second-order valence-electron chi connectivity index (χ2n) is 4.86. The number of imidazole rings is 1. The number of nitrogens with zero attached hydrogens (tertiary/aromatic N) is 1. The van der Waals surface area contributed by atoms with Crippen molar-refractivity contribution in [3.8, 4) is 0 Å². The molecular formula is C15H17N3S. The molecule has 98 valence electrons. The molecule has 1 aromatic carbocycles. The summed E-state index contributed by atoms with van der Waals surface area (Å²) in [4.78, 5) is 10.6. The summed E-state index contributed by atoms with van der Waals surface area (Å²) in [6.07, 6.45) is 1.02. The summed E-state index contributed by atoms with van der Waals surface area (Å²) in [6, 6.07) is 12.8. The van der Waals surface area contributed by atoms with Crippen molar-refractivity contribution in [3.05, 3.63) is 46.2 Å². The van der Waals surface area contributed by atoms with E-state index in [0.717, 1.165) is 23.4 Å². The summed E-state index contributed by atoms with van der Waals surface area (Å²) < 4.78 is 0.